The first-order chi connectivity index (χ1) is 16.1. The van der Waals surface area contributed by atoms with E-state index in [4.69, 9.17) is 10.5 Å². The van der Waals surface area contributed by atoms with Crippen LogP contribution in [0.2, 0.25) is 0 Å². The Labute approximate surface area is 197 Å². The van der Waals surface area contributed by atoms with Gasteiger partial charge in [0, 0.05) is 6.42 Å². The molecule has 8 nitrogen and oxygen atoms in total. The predicted molar refractivity (Wildman–Crippen MR) is 124 cm³/mol. The molecule has 2 aromatic rings. The van der Waals surface area contributed by atoms with E-state index in [1.807, 2.05) is 0 Å². The molecule has 2 aromatic carbocycles. The Morgan fingerprint density at radius 3 is 2.56 bits per heavy atom. The zero-order chi connectivity index (χ0) is 24.8. The number of hydrogen-bond acceptors (Lipinski definition) is 6. The quantitative estimate of drug-likeness (QED) is 0.460. The molecule has 3 rings (SSSR count). The first-order valence-corrected chi connectivity index (χ1v) is 10.6. The number of carbonyl (C=O) groups is 2. The fraction of sp³-hybridized carbons (Fsp3) is 0.273. The highest BCUT2D eigenvalue weighted by Crippen LogP contribution is 2.27. The molecule has 2 amide bonds. The number of benzene rings is 1. The highest BCUT2D eigenvalue weighted by molar-refractivity contribution is 7.80. The standard InChI is InChI=1S/C22H21F3N4O4S/c23-15-9-13(29-11-14(33-22(29)32)10-27-21(34)20(24)25)4-6-16(15)28-17-5-1-12(2-7-18(17)30)3-8-19(26)31/h1-2,4-7,9,14,20H,3,8,10-11H2,(H2,26,31)(H,27,34)(H,28,30). The molecule has 34 heavy (non-hydrogen) atoms. The Kier molecular flexibility index (Phi) is 8.05. The van der Waals surface area contributed by atoms with Gasteiger partial charge in [0.05, 0.1) is 30.2 Å². The van der Waals surface area contributed by atoms with Crippen LogP contribution in [0.5, 0.6) is 0 Å². The number of ether oxygens (including phenoxy) is 1. The SMILES string of the molecule is NC(=O)CCc1ccc(Nc2ccc(N3CC(CNC(=S)C(F)F)OC3=O)cc2F)c(=O)cc1. The number of anilines is 3. The largest absolute Gasteiger partial charge is 0.442 e. The summed E-state index contributed by atoms with van der Waals surface area (Å²) in [5, 5.41) is 5.06. The third kappa shape index (κ3) is 6.44. The Balaban J connectivity index is 1.69. The van der Waals surface area contributed by atoms with Gasteiger partial charge in [0.1, 0.15) is 16.9 Å². The van der Waals surface area contributed by atoms with Crippen LogP contribution in [-0.2, 0) is 16.0 Å². The lowest BCUT2D eigenvalue weighted by Crippen LogP contribution is -2.36. The van der Waals surface area contributed by atoms with Crippen molar-refractivity contribution < 1.29 is 27.5 Å². The average Bonchev–Trinajstić information content (AvgIpc) is 3.07. The molecule has 12 heteroatoms. The summed E-state index contributed by atoms with van der Waals surface area (Å²) in [4.78, 5) is 35.9. The van der Waals surface area contributed by atoms with Gasteiger partial charge in [-0.2, -0.15) is 0 Å². The number of primary amides is 1. The molecule has 1 heterocycles. The van der Waals surface area contributed by atoms with Gasteiger partial charge in [-0.05, 0) is 42.3 Å². The zero-order valence-electron chi connectivity index (χ0n) is 17.7. The van der Waals surface area contributed by atoms with E-state index in [0.717, 1.165) is 11.0 Å². The van der Waals surface area contributed by atoms with E-state index in [-0.39, 0.29) is 36.6 Å². The lowest BCUT2D eigenvalue weighted by molar-refractivity contribution is -0.117. The second-order valence-corrected chi connectivity index (χ2v) is 7.88. The molecule has 0 radical (unpaired) electrons. The summed E-state index contributed by atoms with van der Waals surface area (Å²) in [5.74, 6) is -1.19. The van der Waals surface area contributed by atoms with Gasteiger partial charge in [-0.15, -0.1) is 0 Å². The van der Waals surface area contributed by atoms with Crippen LogP contribution in [0.4, 0.5) is 35.0 Å². The van der Waals surface area contributed by atoms with Crippen LogP contribution in [-0.4, -0.2) is 42.6 Å². The van der Waals surface area contributed by atoms with Crippen molar-refractivity contribution in [2.24, 2.45) is 5.73 Å². The van der Waals surface area contributed by atoms with Crippen LogP contribution >= 0.6 is 12.2 Å². The van der Waals surface area contributed by atoms with Crippen molar-refractivity contribution in [2.45, 2.75) is 25.4 Å². The van der Waals surface area contributed by atoms with Gasteiger partial charge >= 0.3 is 6.09 Å². The van der Waals surface area contributed by atoms with Crippen molar-refractivity contribution in [3.05, 3.63) is 64.1 Å². The minimum absolute atomic E-state index is 0.00111. The first kappa shape index (κ1) is 25.0. The molecule has 1 aliphatic heterocycles. The summed E-state index contributed by atoms with van der Waals surface area (Å²) in [6, 6.07) is 9.88. The van der Waals surface area contributed by atoms with Gasteiger partial charge in [0.2, 0.25) is 11.3 Å². The van der Waals surface area contributed by atoms with Crippen molar-refractivity contribution >= 4 is 46.3 Å². The van der Waals surface area contributed by atoms with Crippen LogP contribution in [0, 0.1) is 5.82 Å². The summed E-state index contributed by atoms with van der Waals surface area (Å²) in [6.45, 7) is -0.0938. The fourth-order valence-electron chi connectivity index (χ4n) is 3.19. The second-order valence-electron chi connectivity index (χ2n) is 7.44. The molecule has 4 N–H and O–H groups in total. The molecule has 0 aromatic heterocycles. The topological polar surface area (TPSA) is 114 Å². The molecule has 1 aliphatic rings. The van der Waals surface area contributed by atoms with Gasteiger partial charge in [-0.3, -0.25) is 14.5 Å². The number of nitrogens with zero attached hydrogens (tertiary/aromatic N) is 1. The summed E-state index contributed by atoms with van der Waals surface area (Å²) in [7, 11) is 0. The van der Waals surface area contributed by atoms with Crippen molar-refractivity contribution in [1.29, 1.82) is 0 Å². The lowest BCUT2D eigenvalue weighted by atomic mass is 10.1. The number of aryl methyl sites for hydroxylation is 1. The predicted octanol–water partition coefficient (Wildman–Crippen LogP) is 2.85. The number of cyclic esters (lactones) is 1. The van der Waals surface area contributed by atoms with Crippen LogP contribution in [0.25, 0.3) is 0 Å². The summed E-state index contributed by atoms with van der Waals surface area (Å²) in [5.41, 5.74) is 5.76. The molecule has 180 valence electrons. The third-order valence-electron chi connectivity index (χ3n) is 4.95. The maximum absolute atomic E-state index is 14.8. The van der Waals surface area contributed by atoms with E-state index in [2.05, 4.69) is 22.9 Å². The summed E-state index contributed by atoms with van der Waals surface area (Å²) >= 11 is 4.48. The number of alkyl halides is 2. The van der Waals surface area contributed by atoms with E-state index >= 15 is 0 Å². The minimum atomic E-state index is -2.82. The fourth-order valence-corrected chi connectivity index (χ4v) is 3.27. The number of nitrogens with one attached hydrogen (secondary N) is 2. The number of nitrogens with two attached hydrogens (primary N) is 1. The Bertz CT molecular complexity index is 1170. The minimum Gasteiger partial charge on any atom is -0.442 e. The van der Waals surface area contributed by atoms with Crippen LogP contribution in [0.3, 0.4) is 0 Å². The highest BCUT2D eigenvalue weighted by atomic mass is 32.1. The maximum Gasteiger partial charge on any atom is 0.414 e. The van der Waals surface area contributed by atoms with Gasteiger partial charge in [0.25, 0.3) is 6.43 Å². The van der Waals surface area contributed by atoms with E-state index in [1.165, 1.54) is 24.3 Å². The monoisotopic (exact) mass is 494 g/mol. The normalized spacial score (nSPS) is 15.2. The molecule has 0 spiro atoms. The van der Waals surface area contributed by atoms with Crippen LogP contribution in [0.1, 0.15) is 12.0 Å². The number of hydrogen-bond donors (Lipinski definition) is 3. The Morgan fingerprint density at radius 2 is 1.88 bits per heavy atom. The molecule has 1 fully saturated rings. The molecule has 0 saturated carbocycles. The van der Waals surface area contributed by atoms with Gasteiger partial charge in [-0.1, -0.05) is 24.4 Å². The average molecular weight is 494 g/mol. The zero-order valence-corrected chi connectivity index (χ0v) is 18.5. The molecule has 1 atom stereocenters. The smallest absolute Gasteiger partial charge is 0.414 e. The number of rotatable bonds is 9. The van der Waals surface area contributed by atoms with E-state index in [0.29, 0.717) is 12.0 Å². The van der Waals surface area contributed by atoms with Gasteiger partial charge < -0.3 is 21.1 Å². The molecule has 0 aliphatic carbocycles. The second kappa shape index (κ2) is 11.0. The number of carbonyl (C=O) groups excluding carboxylic acids is 2. The van der Waals surface area contributed by atoms with Gasteiger partial charge in [0.15, 0.2) is 0 Å². The maximum atomic E-state index is 14.8. The van der Waals surface area contributed by atoms with Gasteiger partial charge in [-0.25, -0.2) is 18.0 Å². The van der Waals surface area contributed by atoms with Crippen molar-refractivity contribution in [3.8, 4) is 0 Å². The Hall–Kier alpha value is -3.67. The number of amides is 2. The molecular formula is C22H21F3N4O4S. The molecule has 1 unspecified atom stereocenters. The molecular weight excluding hydrogens is 473 g/mol. The third-order valence-corrected chi connectivity index (χ3v) is 5.27. The van der Waals surface area contributed by atoms with Crippen LogP contribution in [0.15, 0.2) is 47.3 Å². The highest BCUT2D eigenvalue weighted by Gasteiger charge is 2.33. The molecule has 0 bridgehead atoms. The summed E-state index contributed by atoms with van der Waals surface area (Å²) in [6.07, 6.45) is -3.83. The number of halogens is 3. The Morgan fingerprint density at radius 1 is 1.18 bits per heavy atom. The van der Waals surface area contributed by atoms with Crippen molar-refractivity contribution in [3.63, 3.8) is 0 Å². The van der Waals surface area contributed by atoms with E-state index in [1.54, 1.807) is 12.1 Å². The lowest BCUT2D eigenvalue weighted by Gasteiger charge is -2.15. The van der Waals surface area contributed by atoms with Crippen molar-refractivity contribution in [1.82, 2.24) is 5.32 Å². The van der Waals surface area contributed by atoms with Crippen LogP contribution < -0.4 is 26.7 Å². The van der Waals surface area contributed by atoms with Crippen molar-refractivity contribution in [2.75, 3.05) is 23.3 Å². The first-order valence-electron chi connectivity index (χ1n) is 10.2. The van der Waals surface area contributed by atoms with E-state index in [9.17, 15) is 27.6 Å². The summed E-state index contributed by atoms with van der Waals surface area (Å²) < 4.78 is 44.8. The number of thiocarbonyl (C=S) groups is 1. The molecule has 1 saturated heterocycles. The van der Waals surface area contributed by atoms with E-state index < -0.39 is 40.8 Å².